The molecule has 1 aromatic heterocycles. The lowest BCUT2D eigenvalue weighted by molar-refractivity contribution is 0.00518. The fourth-order valence-electron chi connectivity index (χ4n) is 2.85. The van der Waals surface area contributed by atoms with Gasteiger partial charge in [-0.3, -0.25) is 0 Å². The van der Waals surface area contributed by atoms with Gasteiger partial charge in [0.1, 0.15) is 5.82 Å². The van der Waals surface area contributed by atoms with Crippen LogP contribution in [-0.4, -0.2) is 34.3 Å². The first kappa shape index (κ1) is 14.8. The van der Waals surface area contributed by atoms with Gasteiger partial charge < -0.3 is 14.8 Å². The molecular weight excluding hydrogens is 280 g/mol. The smallest absolute Gasteiger partial charge is 0.335 e. The molecule has 1 fully saturated rings. The largest absolute Gasteiger partial charge is 0.478 e. The third kappa shape index (κ3) is 2.22. The van der Waals surface area contributed by atoms with Gasteiger partial charge in [-0.1, -0.05) is 0 Å². The summed E-state index contributed by atoms with van der Waals surface area (Å²) >= 11 is 0. The first-order valence-corrected chi connectivity index (χ1v) is 7.38. The summed E-state index contributed by atoms with van der Waals surface area (Å²) in [6, 6.07) is 1.74. The Morgan fingerprint density at radius 3 is 2.45 bits per heavy atom. The number of nitrogens with one attached hydrogen (secondary N) is 1. The molecule has 1 aliphatic heterocycles. The molecule has 2 heterocycles. The van der Waals surface area contributed by atoms with Gasteiger partial charge in [0.2, 0.25) is 0 Å². The van der Waals surface area contributed by atoms with Gasteiger partial charge in [-0.2, -0.15) is 0 Å². The highest BCUT2D eigenvalue weighted by Gasteiger charge is 2.26. The number of aromatic carboxylic acids is 1. The van der Waals surface area contributed by atoms with Crippen LogP contribution < -0.4 is 0 Å². The molecule has 5 nitrogen and oxygen atoms in total. The topological polar surface area (TPSA) is 75.2 Å². The summed E-state index contributed by atoms with van der Waals surface area (Å²) < 4.78 is 5.22. The number of nitrogens with zero attached hydrogens (tertiary/aromatic N) is 1. The van der Waals surface area contributed by atoms with Crippen LogP contribution in [0.3, 0.4) is 0 Å². The standard InChI is InChI=1S/C17H20N2O3/c1-8-9(2)13(5-14(10(8)3)17(20)21)15-11(4)18-16(19-15)12-6-22-7-12/h5,12H,6-7H2,1-4H3,(H,18,19)(H,20,21). The molecule has 0 unspecified atom stereocenters. The number of aryl methyl sites for hydroxylation is 1. The van der Waals surface area contributed by atoms with E-state index in [-0.39, 0.29) is 0 Å². The Morgan fingerprint density at radius 1 is 1.23 bits per heavy atom. The molecule has 0 spiro atoms. The van der Waals surface area contributed by atoms with E-state index in [1.54, 1.807) is 6.07 Å². The van der Waals surface area contributed by atoms with E-state index in [0.717, 1.165) is 39.5 Å². The van der Waals surface area contributed by atoms with E-state index >= 15 is 0 Å². The Morgan fingerprint density at radius 2 is 1.91 bits per heavy atom. The predicted octanol–water partition coefficient (Wildman–Crippen LogP) is 3.12. The minimum absolute atomic E-state index is 0.318. The SMILES string of the molecule is Cc1[nH]c(C2COC2)nc1-c1cc(C(=O)O)c(C)c(C)c1C. The molecule has 1 aromatic carbocycles. The quantitative estimate of drug-likeness (QED) is 0.913. The van der Waals surface area contributed by atoms with Gasteiger partial charge in [-0.15, -0.1) is 0 Å². The van der Waals surface area contributed by atoms with Gasteiger partial charge >= 0.3 is 5.97 Å². The number of imidazole rings is 1. The average Bonchev–Trinajstić information content (AvgIpc) is 2.75. The van der Waals surface area contributed by atoms with E-state index in [9.17, 15) is 9.90 Å². The van der Waals surface area contributed by atoms with Crippen molar-refractivity contribution < 1.29 is 14.6 Å². The van der Waals surface area contributed by atoms with Crippen molar-refractivity contribution in [2.45, 2.75) is 33.6 Å². The van der Waals surface area contributed by atoms with Crippen molar-refractivity contribution in [1.82, 2.24) is 9.97 Å². The first-order valence-electron chi connectivity index (χ1n) is 7.38. The van der Waals surface area contributed by atoms with Crippen molar-refractivity contribution in [2.24, 2.45) is 0 Å². The van der Waals surface area contributed by atoms with E-state index in [0.29, 0.717) is 24.7 Å². The number of carboxylic acids is 1. The number of ether oxygens (including phenoxy) is 1. The van der Waals surface area contributed by atoms with Gasteiger partial charge in [0.05, 0.1) is 30.4 Å². The maximum Gasteiger partial charge on any atom is 0.335 e. The molecule has 1 aliphatic rings. The fraction of sp³-hybridized carbons (Fsp3) is 0.412. The lowest BCUT2D eigenvalue weighted by atomic mass is 9.92. The third-order valence-corrected chi connectivity index (χ3v) is 4.64. The Hall–Kier alpha value is -2.14. The van der Waals surface area contributed by atoms with Gasteiger partial charge in [0.25, 0.3) is 0 Å². The van der Waals surface area contributed by atoms with E-state index in [2.05, 4.69) is 4.98 Å². The zero-order valence-electron chi connectivity index (χ0n) is 13.3. The molecule has 2 N–H and O–H groups in total. The van der Waals surface area contributed by atoms with E-state index < -0.39 is 5.97 Å². The lowest BCUT2D eigenvalue weighted by Crippen LogP contribution is -2.26. The minimum atomic E-state index is -0.900. The molecule has 116 valence electrons. The molecule has 3 rings (SSSR count). The normalized spacial score (nSPS) is 14.9. The average molecular weight is 300 g/mol. The van der Waals surface area contributed by atoms with Crippen LogP contribution >= 0.6 is 0 Å². The molecule has 0 radical (unpaired) electrons. The van der Waals surface area contributed by atoms with E-state index in [1.165, 1.54) is 0 Å². The fourth-order valence-corrected chi connectivity index (χ4v) is 2.85. The maximum absolute atomic E-state index is 11.5. The van der Waals surface area contributed by atoms with Gasteiger partial charge in [-0.05, 0) is 50.5 Å². The number of aromatic amines is 1. The number of hydrogen-bond donors (Lipinski definition) is 2. The second-order valence-electron chi connectivity index (χ2n) is 5.98. The summed E-state index contributed by atoms with van der Waals surface area (Å²) in [5.41, 5.74) is 5.93. The molecule has 0 aliphatic carbocycles. The zero-order valence-corrected chi connectivity index (χ0v) is 13.3. The Bertz CT molecular complexity index is 758. The Labute approximate surface area is 129 Å². The monoisotopic (exact) mass is 300 g/mol. The second kappa shape index (κ2) is 5.25. The number of carbonyl (C=O) groups is 1. The van der Waals surface area contributed by atoms with Gasteiger partial charge in [-0.25, -0.2) is 9.78 Å². The van der Waals surface area contributed by atoms with Gasteiger partial charge in [0.15, 0.2) is 0 Å². The number of aromatic nitrogens is 2. The van der Waals surface area contributed by atoms with Crippen LogP contribution in [0, 0.1) is 27.7 Å². The number of rotatable bonds is 3. The van der Waals surface area contributed by atoms with Gasteiger partial charge in [0, 0.05) is 11.3 Å². The van der Waals surface area contributed by atoms with Crippen molar-refractivity contribution in [3.8, 4) is 11.3 Å². The van der Waals surface area contributed by atoms with Crippen LogP contribution in [0.1, 0.15) is 44.5 Å². The highest BCUT2D eigenvalue weighted by molar-refractivity contribution is 5.92. The van der Waals surface area contributed by atoms with Crippen molar-refractivity contribution >= 4 is 5.97 Å². The summed E-state index contributed by atoms with van der Waals surface area (Å²) in [5.74, 6) is 0.342. The highest BCUT2D eigenvalue weighted by Crippen LogP contribution is 2.33. The molecule has 1 saturated heterocycles. The molecule has 0 atom stereocenters. The van der Waals surface area contributed by atoms with Crippen LogP contribution in [0.25, 0.3) is 11.3 Å². The van der Waals surface area contributed by atoms with Crippen LogP contribution in [0.5, 0.6) is 0 Å². The minimum Gasteiger partial charge on any atom is -0.478 e. The van der Waals surface area contributed by atoms with E-state index in [4.69, 9.17) is 9.72 Å². The number of carboxylic acid groups (broad SMARTS) is 1. The summed E-state index contributed by atoms with van der Waals surface area (Å²) in [4.78, 5) is 19.5. The lowest BCUT2D eigenvalue weighted by Gasteiger charge is -2.23. The van der Waals surface area contributed by atoms with Crippen LogP contribution in [0.4, 0.5) is 0 Å². The second-order valence-corrected chi connectivity index (χ2v) is 5.98. The molecule has 0 bridgehead atoms. The van der Waals surface area contributed by atoms with Crippen LogP contribution in [-0.2, 0) is 4.74 Å². The van der Waals surface area contributed by atoms with Crippen LogP contribution in [0.2, 0.25) is 0 Å². The summed E-state index contributed by atoms with van der Waals surface area (Å²) in [5, 5.41) is 9.42. The molecule has 0 amide bonds. The number of benzene rings is 1. The number of hydrogen-bond acceptors (Lipinski definition) is 3. The molecule has 0 saturated carbocycles. The molecule has 22 heavy (non-hydrogen) atoms. The summed E-state index contributed by atoms with van der Waals surface area (Å²) in [6.07, 6.45) is 0. The Kier molecular flexibility index (Phi) is 3.53. The van der Waals surface area contributed by atoms with Crippen molar-refractivity contribution in [3.63, 3.8) is 0 Å². The maximum atomic E-state index is 11.5. The van der Waals surface area contributed by atoms with Crippen molar-refractivity contribution in [3.05, 3.63) is 39.8 Å². The van der Waals surface area contributed by atoms with Crippen LogP contribution in [0.15, 0.2) is 6.07 Å². The van der Waals surface area contributed by atoms with E-state index in [1.807, 2.05) is 27.7 Å². The number of H-pyrrole nitrogens is 1. The highest BCUT2D eigenvalue weighted by atomic mass is 16.5. The summed E-state index contributed by atoms with van der Waals surface area (Å²) in [6.45, 7) is 9.19. The first-order chi connectivity index (χ1) is 10.4. The molecular formula is C17H20N2O3. The molecule has 2 aromatic rings. The third-order valence-electron chi connectivity index (χ3n) is 4.64. The molecule has 5 heteroatoms. The van der Waals surface area contributed by atoms with Crippen molar-refractivity contribution in [1.29, 1.82) is 0 Å². The predicted molar refractivity (Wildman–Crippen MR) is 83.5 cm³/mol. The Balaban J connectivity index is 2.15. The van der Waals surface area contributed by atoms with Crippen molar-refractivity contribution in [2.75, 3.05) is 13.2 Å². The zero-order chi connectivity index (χ0) is 16.0. The summed E-state index contributed by atoms with van der Waals surface area (Å²) in [7, 11) is 0.